The van der Waals surface area contributed by atoms with Crippen LogP contribution < -0.4 is 21.1 Å². The number of rotatable bonds is 2. The van der Waals surface area contributed by atoms with Gasteiger partial charge in [-0.3, -0.25) is 4.98 Å². The minimum absolute atomic E-state index is 0.110. The second-order valence-electron chi connectivity index (χ2n) is 12.6. The number of ether oxygens (including phenoxy) is 1. The van der Waals surface area contributed by atoms with Crippen LogP contribution >= 0.6 is 0 Å². The van der Waals surface area contributed by atoms with Crippen molar-refractivity contribution in [2.45, 2.75) is 44.9 Å². The Kier molecular flexibility index (Phi) is 5.00. The van der Waals surface area contributed by atoms with Crippen molar-refractivity contribution in [3.8, 4) is 28.4 Å². The van der Waals surface area contributed by atoms with Gasteiger partial charge in [0, 0.05) is 33.9 Å². The molecule has 9 rings (SSSR count). The molecule has 0 spiro atoms. The lowest BCUT2D eigenvalue weighted by Crippen LogP contribution is -2.62. The lowest BCUT2D eigenvalue weighted by molar-refractivity contribution is 0.484. The van der Waals surface area contributed by atoms with E-state index in [2.05, 4.69) is 114 Å². The lowest BCUT2D eigenvalue weighted by Gasteiger charge is -2.41. The Morgan fingerprint density at radius 1 is 0.762 bits per heavy atom. The van der Waals surface area contributed by atoms with Gasteiger partial charge in [-0.25, -0.2) is 0 Å². The largest absolute Gasteiger partial charge is 0.458 e. The van der Waals surface area contributed by atoms with Gasteiger partial charge >= 0.3 is 0 Å². The smallest absolute Gasteiger partial charge is 0.251 e. The molecule has 3 nitrogen and oxygen atoms in total. The van der Waals surface area contributed by atoms with Crippen molar-refractivity contribution in [1.82, 2.24) is 9.55 Å². The van der Waals surface area contributed by atoms with E-state index in [1.54, 1.807) is 0 Å². The predicted molar refractivity (Wildman–Crippen MR) is 173 cm³/mol. The topological polar surface area (TPSA) is 27.1 Å². The van der Waals surface area contributed by atoms with E-state index >= 15 is 0 Å². The third-order valence-electron chi connectivity index (χ3n) is 9.99. The van der Waals surface area contributed by atoms with Crippen LogP contribution in [0.3, 0.4) is 0 Å². The highest BCUT2D eigenvalue weighted by Gasteiger charge is 2.45. The number of nitrogens with zero attached hydrogens (tertiary/aromatic N) is 2. The van der Waals surface area contributed by atoms with Gasteiger partial charge in [-0.15, -0.1) is 0 Å². The van der Waals surface area contributed by atoms with E-state index in [0.717, 1.165) is 35.6 Å². The van der Waals surface area contributed by atoms with Crippen LogP contribution in [0.1, 0.15) is 49.1 Å². The molecule has 0 unspecified atom stereocenters. The fourth-order valence-electron chi connectivity index (χ4n) is 8.04. The minimum Gasteiger partial charge on any atom is -0.458 e. The quantitative estimate of drug-likeness (QED) is 0.224. The molecule has 0 bridgehead atoms. The first kappa shape index (κ1) is 24.1. The Balaban J connectivity index is 1.28. The van der Waals surface area contributed by atoms with Gasteiger partial charge in [-0.2, -0.15) is 0 Å². The van der Waals surface area contributed by atoms with E-state index in [0.29, 0.717) is 0 Å². The van der Waals surface area contributed by atoms with Gasteiger partial charge in [0.25, 0.3) is 6.71 Å². The zero-order chi connectivity index (χ0) is 28.0. The average Bonchev–Trinajstić information content (AvgIpc) is 3.37. The van der Waals surface area contributed by atoms with Crippen LogP contribution in [0.15, 0.2) is 103 Å². The first-order valence-electron chi connectivity index (χ1n) is 15.2. The zero-order valence-corrected chi connectivity index (χ0v) is 24.0. The minimum atomic E-state index is -0.170. The number of pyridine rings is 1. The van der Waals surface area contributed by atoms with Crippen molar-refractivity contribution >= 4 is 34.0 Å². The maximum Gasteiger partial charge on any atom is 0.251 e. The van der Waals surface area contributed by atoms with Crippen LogP contribution in [0.5, 0.6) is 11.5 Å². The van der Waals surface area contributed by atoms with Crippen molar-refractivity contribution in [2.75, 3.05) is 0 Å². The van der Waals surface area contributed by atoms with Crippen molar-refractivity contribution in [2.24, 2.45) is 0 Å². The summed E-state index contributed by atoms with van der Waals surface area (Å²) < 4.78 is 9.21. The second kappa shape index (κ2) is 8.72. The van der Waals surface area contributed by atoms with Gasteiger partial charge in [0.2, 0.25) is 0 Å². The second-order valence-corrected chi connectivity index (χ2v) is 12.6. The number of hydrogen-bond acceptors (Lipinski definition) is 2. The molecule has 3 aliphatic rings. The van der Waals surface area contributed by atoms with E-state index in [9.17, 15) is 0 Å². The number of aromatic nitrogens is 2. The molecule has 0 saturated heterocycles. The van der Waals surface area contributed by atoms with Crippen LogP contribution in [0.4, 0.5) is 0 Å². The Hall–Kier alpha value is -4.57. The number of hydrogen-bond donors (Lipinski definition) is 0. The van der Waals surface area contributed by atoms with E-state index < -0.39 is 0 Å². The molecule has 6 aromatic rings. The summed E-state index contributed by atoms with van der Waals surface area (Å²) >= 11 is 0. The molecule has 202 valence electrons. The molecule has 2 aromatic heterocycles. The lowest BCUT2D eigenvalue weighted by atomic mass is 9.30. The van der Waals surface area contributed by atoms with Crippen molar-refractivity contribution in [3.63, 3.8) is 0 Å². The van der Waals surface area contributed by atoms with E-state index in [1.165, 1.54) is 68.2 Å². The zero-order valence-electron chi connectivity index (χ0n) is 24.0. The summed E-state index contributed by atoms with van der Waals surface area (Å²) in [6.45, 7) is 4.81. The standard InChI is InChI=1S/C38H31BN2O/c1-38(2)28-12-9-16-36-37(28)39(30-19-17-24(22-29(30)38)32-13-7-8-21-40-32)31-23-25(18-20-35(31)42-36)41-33-14-5-3-10-26(33)27-11-4-6-15-34(27)41/h3,5,7-10,12-14,16-23H,4,6,11,15H2,1-2H3. The summed E-state index contributed by atoms with van der Waals surface area (Å²) in [4.78, 5) is 4.67. The maximum absolute atomic E-state index is 6.68. The third kappa shape index (κ3) is 3.27. The van der Waals surface area contributed by atoms with E-state index in [1.807, 2.05) is 12.3 Å². The van der Waals surface area contributed by atoms with Crippen LogP contribution in [0.2, 0.25) is 0 Å². The molecule has 1 aliphatic carbocycles. The monoisotopic (exact) mass is 542 g/mol. The number of aryl methyl sites for hydroxylation is 1. The molecular formula is C38H31BN2O. The van der Waals surface area contributed by atoms with Gasteiger partial charge in [0.05, 0.1) is 11.2 Å². The molecule has 0 radical (unpaired) electrons. The summed E-state index contributed by atoms with van der Waals surface area (Å²) in [7, 11) is 0. The summed E-state index contributed by atoms with van der Waals surface area (Å²) in [5.74, 6) is 1.94. The molecule has 0 atom stereocenters. The highest BCUT2D eigenvalue weighted by atomic mass is 16.5. The van der Waals surface area contributed by atoms with Crippen LogP contribution in [0, 0.1) is 0 Å². The van der Waals surface area contributed by atoms with Crippen LogP contribution in [-0.4, -0.2) is 16.3 Å². The molecule has 0 fully saturated rings. The summed E-state index contributed by atoms with van der Waals surface area (Å²) in [5, 5.41) is 1.40. The van der Waals surface area contributed by atoms with Gasteiger partial charge in [0.1, 0.15) is 11.5 Å². The van der Waals surface area contributed by atoms with E-state index in [4.69, 9.17) is 4.74 Å². The molecule has 0 amide bonds. The molecule has 4 heteroatoms. The fraction of sp³-hybridized carbons (Fsp3) is 0.184. The van der Waals surface area contributed by atoms with Gasteiger partial charge in [-0.05, 0) is 102 Å². The van der Waals surface area contributed by atoms with Crippen LogP contribution in [-0.2, 0) is 18.3 Å². The maximum atomic E-state index is 6.68. The van der Waals surface area contributed by atoms with Gasteiger partial charge in [0.15, 0.2) is 0 Å². The first-order chi connectivity index (χ1) is 20.6. The summed E-state index contributed by atoms with van der Waals surface area (Å²) in [6.07, 6.45) is 6.69. The molecule has 2 aliphatic heterocycles. The highest BCUT2D eigenvalue weighted by molar-refractivity contribution is 6.98. The molecule has 0 N–H and O–H groups in total. The predicted octanol–water partition coefficient (Wildman–Crippen LogP) is 6.83. The Morgan fingerprint density at radius 2 is 1.64 bits per heavy atom. The molecule has 42 heavy (non-hydrogen) atoms. The normalized spacial score (nSPS) is 15.8. The highest BCUT2D eigenvalue weighted by Crippen LogP contribution is 2.40. The van der Waals surface area contributed by atoms with Crippen molar-refractivity contribution in [1.29, 1.82) is 0 Å². The molecular weight excluding hydrogens is 511 g/mol. The number of para-hydroxylation sites is 1. The SMILES string of the molecule is CC1(C)c2cc(-c3ccccn3)ccc2B2c3cc(-n4c5c(c6ccccc64)CCCC5)ccc3Oc3cccc1c32. The molecule has 0 saturated carbocycles. The Morgan fingerprint density at radius 3 is 2.55 bits per heavy atom. The Labute approximate surface area is 246 Å². The number of benzene rings is 4. The first-order valence-corrected chi connectivity index (χ1v) is 15.2. The summed E-state index contributed by atoms with van der Waals surface area (Å²) in [5.41, 5.74) is 14.2. The fourth-order valence-corrected chi connectivity index (χ4v) is 8.04. The molecule has 4 aromatic carbocycles. The Bertz CT molecular complexity index is 2060. The summed E-state index contributed by atoms with van der Waals surface area (Å²) in [6, 6.07) is 35.5. The number of fused-ring (bicyclic) bond motifs is 7. The van der Waals surface area contributed by atoms with Gasteiger partial charge < -0.3 is 9.30 Å². The van der Waals surface area contributed by atoms with Crippen molar-refractivity contribution in [3.05, 3.63) is 126 Å². The van der Waals surface area contributed by atoms with Crippen LogP contribution in [0.25, 0.3) is 27.8 Å². The third-order valence-corrected chi connectivity index (χ3v) is 9.99. The van der Waals surface area contributed by atoms with Crippen molar-refractivity contribution < 1.29 is 4.74 Å². The van der Waals surface area contributed by atoms with E-state index in [-0.39, 0.29) is 12.1 Å². The average molecular weight is 542 g/mol. The molecule has 4 heterocycles. The van der Waals surface area contributed by atoms with Gasteiger partial charge in [-0.1, -0.05) is 67.8 Å².